The molecule has 0 aliphatic carbocycles. The maximum absolute atomic E-state index is 13.0. The van der Waals surface area contributed by atoms with Crippen molar-refractivity contribution in [2.75, 3.05) is 0 Å². The van der Waals surface area contributed by atoms with Crippen LogP contribution in [-0.4, -0.2) is 9.78 Å². The summed E-state index contributed by atoms with van der Waals surface area (Å²) < 4.78 is 39.9. The number of hydrogen-bond donors (Lipinski definition) is 1. The Morgan fingerprint density at radius 3 is 2.57 bits per heavy atom. The van der Waals surface area contributed by atoms with Crippen molar-refractivity contribution in [3.63, 3.8) is 0 Å². The molecule has 1 aromatic carbocycles. The molecule has 2 aromatic rings. The van der Waals surface area contributed by atoms with Crippen molar-refractivity contribution in [1.29, 1.82) is 0 Å². The second-order valence-corrected chi connectivity index (χ2v) is 4.69. The third-order valence-electron chi connectivity index (χ3n) is 3.04. The zero-order valence-electron chi connectivity index (χ0n) is 11.3. The van der Waals surface area contributed by atoms with Crippen molar-refractivity contribution >= 4 is 0 Å². The summed E-state index contributed by atoms with van der Waals surface area (Å²) in [7, 11) is 0. The molecule has 1 heterocycles. The van der Waals surface area contributed by atoms with Crippen LogP contribution < -0.4 is 11.3 Å². The minimum Gasteiger partial charge on any atom is -0.322 e. The summed E-state index contributed by atoms with van der Waals surface area (Å²) in [6, 6.07) is 6.94. The Kier molecular flexibility index (Phi) is 4.13. The second kappa shape index (κ2) is 5.69. The number of alkyl halides is 3. The molecule has 0 aliphatic rings. The number of halogens is 3. The van der Waals surface area contributed by atoms with Crippen LogP contribution in [0.4, 0.5) is 13.2 Å². The molecule has 0 saturated carbocycles. The maximum atomic E-state index is 13.0. The van der Waals surface area contributed by atoms with Crippen molar-refractivity contribution in [1.82, 2.24) is 9.78 Å². The maximum Gasteiger partial charge on any atom is 0.416 e. The van der Waals surface area contributed by atoms with Crippen molar-refractivity contribution < 1.29 is 13.2 Å². The van der Waals surface area contributed by atoms with Crippen LogP contribution in [0.15, 0.2) is 41.2 Å². The highest BCUT2D eigenvalue weighted by Crippen LogP contribution is 2.34. The van der Waals surface area contributed by atoms with Crippen LogP contribution in [0.5, 0.6) is 0 Å². The number of aryl methyl sites for hydroxylation is 1. The van der Waals surface area contributed by atoms with Crippen molar-refractivity contribution in [2.45, 2.75) is 25.7 Å². The first-order valence-corrected chi connectivity index (χ1v) is 6.25. The second-order valence-electron chi connectivity index (χ2n) is 4.69. The fraction of sp³-hybridized carbons (Fsp3) is 0.286. The van der Waals surface area contributed by atoms with Crippen LogP contribution in [0.2, 0.25) is 0 Å². The summed E-state index contributed by atoms with van der Waals surface area (Å²) >= 11 is 0. The van der Waals surface area contributed by atoms with Gasteiger partial charge in [-0.05, 0) is 24.6 Å². The Bertz CT molecular complexity index is 694. The summed E-state index contributed by atoms with van der Waals surface area (Å²) in [4.78, 5) is 11.6. The first kappa shape index (κ1) is 15.2. The zero-order chi connectivity index (χ0) is 15.6. The van der Waals surface area contributed by atoms with Gasteiger partial charge in [0.15, 0.2) is 0 Å². The molecule has 0 bridgehead atoms. The molecule has 0 fully saturated rings. The third-order valence-corrected chi connectivity index (χ3v) is 3.04. The zero-order valence-corrected chi connectivity index (χ0v) is 11.3. The lowest BCUT2D eigenvalue weighted by Crippen LogP contribution is -2.29. The van der Waals surface area contributed by atoms with Gasteiger partial charge in [0, 0.05) is 6.07 Å². The Balaban J connectivity index is 2.35. The Morgan fingerprint density at radius 1 is 1.24 bits per heavy atom. The Hall–Kier alpha value is -2.15. The number of nitrogens with zero attached hydrogens (tertiary/aromatic N) is 2. The van der Waals surface area contributed by atoms with Gasteiger partial charge in [-0.25, -0.2) is 4.68 Å². The lowest BCUT2D eigenvalue weighted by atomic mass is 10.0. The Labute approximate surface area is 119 Å². The van der Waals surface area contributed by atoms with E-state index in [0.29, 0.717) is 5.69 Å². The fourth-order valence-corrected chi connectivity index (χ4v) is 2.04. The van der Waals surface area contributed by atoms with E-state index in [2.05, 4.69) is 5.10 Å². The Morgan fingerprint density at radius 2 is 1.90 bits per heavy atom. The molecule has 0 amide bonds. The molecule has 1 atom stereocenters. The van der Waals surface area contributed by atoms with Crippen LogP contribution in [0.1, 0.15) is 22.9 Å². The smallest absolute Gasteiger partial charge is 0.322 e. The summed E-state index contributed by atoms with van der Waals surface area (Å²) in [6.45, 7) is 1.57. The molecule has 1 aromatic heterocycles. The summed E-state index contributed by atoms with van der Waals surface area (Å²) in [5.74, 6) is 0. The molecule has 0 saturated heterocycles. The topological polar surface area (TPSA) is 60.9 Å². The molecular formula is C14H14F3N3O. The average Bonchev–Trinajstić information content (AvgIpc) is 2.42. The van der Waals surface area contributed by atoms with Gasteiger partial charge < -0.3 is 5.73 Å². The van der Waals surface area contributed by atoms with E-state index < -0.39 is 23.3 Å². The predicted molar refractivity (Wildman–Crippen MR) is 71.6 cm³/mol. The highest BCUT2D eigenvalue weighted by atomic mass is 19.4. The third kappa shape index (κ3) is 3.49. The normalized spacial score (nSPS) is 13.2. The van der Waals surface area contributed by atoms with E-state index in [0.717, 1.165) is 10.7 Å². The van der Waals surface area contributed by atoms with Gasteiger partial charge >= 0.3 is 6.18 Å². The van der Waals surface area contributed by atoms with E-state index in [1.807, 2.05) is 0 Å². The van der Waals surface area contributed by atoms with E-state index >= 15 is 0 Å². The SMILES string of the molecule is Cc1ccc(=O)n(CC(N)c2ccccc2C(F)(F)F)n1. The average molecular weight is 297 g/mol. The molecular weight excluding hydrogens is 283 g/mol. The molecule has 7 heteroatoms. The minimum atomic E-state index is -4.49. The van der Waals surface area contributed by atoms with Crippen molar-refractivity contribution in [3.05, 3.63) is 63.6 Å². The van der Waals surface area contributed by atoms with Crippen LogP contribution in [0.25, 0.3) is 0 Å². The largest absolute Gasteiger partial charge is 0.416 e. The van der Waals surface area contributed by atoms with E-state index in [4.69, 9.17) is 5.73 Å². The lowest BCUT2D eigenvalue weighted by molar-refractivity contribution is -0.138. The van der Waals surface area contributed by atoms with Gasteiger partial charge in [-0.15, -0.1) is 0 Å². The number of nitrogens with two attached hydrogens (primary N) is 1. The fourth-order valence-electron chi connectivity index (χ4n) is 2.04. The van der Waals surface area contributed by atoms with Gasteiger partial charge in [-0.1, -0.05) is 18.2 Å². The summed E-state index contributed by atoms with van der Waals surface area (Å²) in [6.07, 6.45) is -4.49. The number of benzene rings is 1. The molecule has 1 unspecified atom stereocenters. The number of hydrogen-bond acceptors (Lipinski definition) is 3. The standard InChI is InChI=1S/C14H14F3N3O/c1-9-6-7-13(21)20(19-9)8-12(18)10-4-2-3-5-11(10)14(15,16)17/h2-7,12H,8,18H2,1H3. The summed E-state index contributed by atoms with van der Waals surface area (Å²) in [5, 5.41) is 3.97. The van der Waals surface area contributed by atoms with Crippen LogP contribution in [0, 0.1) is 6.92 Å². The summed E-state index contributed by atoms with van der Waals surface area (Å²) in [5.41, 5.74) is 5.18. The van der Waals surface area contributed by atoms with Crippen LogP contribution in [-0.2, 0) is 12.7 Å². The monoisotopic (exact) mass is 297 g/mol. The van der Waals surface area contributed by atoms with Crippen molar-refractivity contribution in [3.8, 4) is 0 Å². The van der Waals surface area contributed by atoms with Gasteiger partial charge in [-0.2, -0.15) is 18.3 Å². The van der Waals surface area contributed by atoms with Crippen LogP contribution in [0.3, 0.4) is 0 Å². The van der Waals surface area contributed by atoms with Crippen LogP contribution >= 0.6 is 0 Å². The molecule has 2 rings (SSSR count). The highest BCUT2D eigenvalue weighted by Gasteiger charge is 2.34. The van der Waals surface area contributed by atoms with Gasteiger partial charge in [0.05, 0.1) is 23.8 Å². The predicted octanol–water partition coefficient (Wildman–Crippen LogP) is 2.27. The first-order chi connectivity index (χ1) is 9.79. The molecule has 112 valence electrons. The van der Waals surface area contributed by atoms with Gasteiger partial charge in [-0.3, -0.25) is 4.79 Å². The van der Waals surface area contributed by atoms with E-state index in [9.17, 15) is 18.0 Å². The molecule has 0 radical (unpaired) electrons. The minimum absolute atomic E-state index is 0.0554. The van der Waals surface area contributed by atoms with E-state index in [1.54, 1.807) is 6.92 Å². The van der Waals surface area contributed by atoms with E-state index in [1.165, 1.54) is 30.3 Å². The molecule has 2 N–H and O–H groups in total. The first-order valence-electron chi connectivity index (χ1n) is 6.25. The highest BCUT2D eigenvalue weighted by molar-refractivity contribution is 5.32. The van der Waals surface area contributed by atoms with E-state index in [-0.39, 0.29) is 12.1 Å². The molecule has 0 aliphatic heterocycles. The lowest BCUT2D eigenvalue weighted by Gasteiger charge is -2.18. The van der Waals surface area contributed by atoms with Gasteiger partial charge in [0.25, 0.3) is 5.56 Å². The quantitative estimate of drug-likeness (QED) is 0.945. The number of aromatic nitrogens is 2. The van der Waals surface area contributed by atoms with Gasteiger partial charge in [0.2, 0.25) is 0 Å². The van der Waals surface area contributed by atoms with Gasteiger partial charge in [0.1, 0.15) is 0 Å². The number of rotatable bonds is 3. The molecule has 4 nitrogen and oxygen atoms in total. The molecule has 0 spiro atoms. The van der Waals surface area contributed by atoms with Crippen molar-refractivity contribution in [2.24, 2.45) is 5.73 Å². The molecule has 21 heavy (non-hydrogen) atoms.